The summed E-state index contributed by atoms with van der Waals surface area (Å²) in [6.07, 6.45) is 1.58. The van der Waals surface area contributed by atoms with Crippen LogP contribution in [0, 0.1) is 11.6 Å². The smallest absolute Gasteiger partial charge is 0.338 e. The van der Waals surface area contributed by atoms with Gasteiger partial charge >= 0.3 is 5.97 Å². The van der Waals surface area contributed by atoms with Gasteiger partial charge in [-0.2, -0.15) is 0 Å². The van der Waals surface area contributed by atoms with Crippen molar-refractivity contribution in [3.8, 4) is 5.75 Å². The lowest BCUT2D eigenvalue weighted by atomic mass is 9.95. The van der Waals surface area contributed by atoms with Crippen molar-refractivity contribution >= 4 is 29.1 Å². The van der Waals surface area contributed by atoms with Crippen LogP contribution in [-0.4, -0.2) is 31.2 Å². The molecule has 0 radical (unpaired) electrons. The van der Waals surface area contributed by atoms with Gasteiger partial charge in [-0.3, -0.25) is 9.36 Å². The third kappa shape index (κ3) is 5.71. The van der Waals surface area contributed by atoms with Crippen molar-refractivity contribution in [1.82, 2.24) is 4.57 Å². The normalized spacial score (nSPS) is 15.0. The van der Waals surface area contributed by atoms with E-state index in [1.165, 1.54) is 22.0 Å². The number of hydrogen-bond acceptors (Lipinski definition) is 8. The van der Waals surface area contributed by atoms with E-state index in [1.54, 1.807) is 32.1 Å². The Balaban J connectivity index is 1.51. The highest BCUT2D eigenvalue weighted by Crippen LogP contribution is 2.31. The molecule has 2 aromatic heterocycles. The van der Waals surface area contributed by atoms with E-state index in [4.69, 9.17) is 13.9 Å². The second-order valence-corrected chi connectivity index (χ2v) is 10.5. The van der Waals surface area contributed by atoms with Gasteiger partial charge in [0.15, 0.2) is 16.4 Å². The molecule has 5 rings (SSSR count). The van der Waals surface area contributed by atoms with Crippen molar-refractivity contribution in [2.75, 3.05) is 25.6 Å². The molecule has 0 N–H and O–H groups in total. The zero-order valence-electron chi connectivity index (χ0n) is 22.8. The second kappa shape index (κ2) is 11.5. The van der Waals surface area contributed by atoms with E-state index in [1.807, 2.05) is 43.3 Å². The number of benzene rings is 2. The molecule has 0 bridgehead atoms. The van der Waals surface area contributed by atoms with Crippen LogP contribution in [0.1, 0.15) is 37.0 Å². The quantitative estimate of drug-likeness (QED) is 0.289. The second-order valence-electron chi connectivity index (χ2n) is 9.46. The van der Waals surface area contributed by atoms with Crippen LogP contribution in [0.15, 0.2) is 80.1 Å². The average molecular weight is 580 g/mol. The van der Waals surface area contributed by atoms with Gasteiger partial charge in [-0.1, -0.05) is 23.5 Å². The lowest BCUT2D eigenvalue weighted by molar-refractivity contribution is -0.139. The van der Waals surface area contributed by atoms with E-state index in [-0.39, 0.29) is 24.5 Å². The number of halogens is 2. The Morgan fingerprint density at radius 3 is 2.59 bits per heavy atom. The molecule has 0 spiro atoms. The van der Waals surface area contributed by atoms with E-state index < -0.39 is 23.6 Å². The molecule has 0 unspecified atom stereocenters. The zero-order chi connectivity index (χ0) is 29.3. The lowest BCUT2D eigenvalue weighted by Crippen LogP contribution is -2.39. The van der Waals surface area contributed by atoms with E-state index in [2.05, 4.69) is 4.99 Å². The van der Waals surface area contributed by atoms with Crippen LogP contribution in [0.5, 0.6) is 5.75 Å². The minimum atomic E-state index is -0.818. The summed E-state index contributed by atoms with van der Waals surface area (Å²) in [7, 11) is 3.86. The molecule has 3 heterocycles. The van der Waals surface area contributed by atoms with Crippen LogP contribution in [-0.2, 0) is 16.1 Å². The first kappa shape index (κ1) is 28.0. The summed E-state index contributed by atoms with van der Waals surface area (Å²) in [4.78, 5) is 33.8. The first-order valence-corrected chi connectivity index (χ1v) is 13.6. The number of esters is 1. The molecule has 212 valence electrons. The number of ether oxygens (including phenoxy) is 2. The summed E-state index contributed by atoms with van der Waals surface area (Å²) in [6.45, 7) is 3.54. The van der Waals surface area contributed by atoms with Gasteiger partial charge in [0.2, 0.25) is 0 Å². The number of allylic oxidation sites excluding steroid dienone is 1. The molecule has 1 aliphatic heterocycles. The Morgan fingerprint density at radius 1 is 1.15 bits per heavy atom. The predicted molar refractivity (Wildman–Crippen MR) is 151 cm³/mol. The Kier molecular flexibility index (Phi) is 7.89. The highest BCUT2D eigenvalue weighted by atomic mass is 32.1. The molecule has 0 amide bonds. The molecule has 8 nitrogen and oxygen atoms in total. The van der Waals surface area contributed by atoms with E-state index >= 15 is 0 Å². The van der Waals surface area contributed by atoms with Crippen LogP contribution >= 0.6 is 11.3 Å². The molecule has 4 aromatic rings. The molecular weight excluding hydrogens is 552 g/mol. The molecule has 1 atom stereocenters. The van der Waals surface area contributed by atoms with Crippen LogP contribution < -0.4 is 24.5 Å². The monoisotopic (exact) mass is 579 g/mol. The van der Waals surface area contributed by atoms with Gasteiger partial charge in [-0.05, 0) is 55.8 Å². The molecule has 2 aromatic carbocycles. The van der Waals surface area contributed by atoms with Crippen molar-refractivity contribution < 1.29 is 27.5 Å². The number of nitrogens with zero attached hydrogens (tertiary/aromatic N) is 3. The Morgan fingerprint density at radius 2 is 1.90 bits per heavy atom. The first-order valence-electron chi connectivity index (χ1n) is 12.8. The van der Waals surface area contributed by atoms with Gasteiger partial charge < -0.3 is 18.8 Å². The molecule has 1 aliphatic rings. The number of furan rings is 1. The number of rotatable bonds is 8. The molecule has 0 fully saturated rings. The number of carbonyl (C=O) groups excluding carboxylic acids is 1. The van der Waals surface area contributed by atoms with Crippen molar-refractivity contribution in [3.63, 3.8) is 0 Å². The minimum Gasteiger partial charge on any atom is -0.483 e. The Labute approximate surface area is 238 Å². The number of thiazole rings is 1. The molecule has 41 heavy (non-hydrogen) atoms. The van der Waals surface area contributed by atoms with E-state index in [9.17, 15) is 18.4 Å². The van der Waals surface area contributed by atoms with Gasteiger partial charge in [0.1, 0.15) is 23.9 Å². The molecule has 0 aliphatic carbocycles. The van der Waals surface area contributed by atoms with Gasteiger partial charge in [-0.25, -0.2) is 18.6 Å². The SMILES string of the molecule is CCOC(=O)C1=C(C)N=c2s/c(=C/c3ccc(COc4ccc(F)cc4F)o3)c(=O)n2[C@H]1c1ccc(N(C)C)cc1. The number of fused-ring (bicyclic) bond motifs is 1. The van der Waals surface area contributed by atoms with Crippen molar-refractivity contribution in [2.45, 2.75) is 26.5 Å². The maximum Gasteiger partial charge on any atom is 0.338 e. The fraction of sp³-hybridized carbons (Fsp3) is 0.233. The summed E-state index contributed by atoms with van der Waals surface area (Å²) in [5.41, 5.74) is 2.15. The van der Waals surface area contributed by atoms with Gasteiger partial charge in [0, 0.05) is 31.9 Å². The van der Waals surface area contributed by atoms with Crippen LogP contribution in [0.2, 0.25) is 0 Å². The molecule has 0 saturated heterocycles. The molecular formula is C30H27F2N3O5S. The number of anilines is 1. The summed E-state index contributed by atoms with van der Waals surface area (Å²) in [5, 5.41) is 0. The van der Waals surface area contributed by atoms with Gasteiger partial charge in [0.05, 0.1) is 28.5 Å². The maximum atomic E-state index is 13.9. The summed E-state index contributed by atoms with van der Waals surface area (Å²) >= 11 is 1.17. The summed E-state index contributed by atoms with van der Waals surface area (Å²) < 4.78 is 45.4. The maximum absolute atomic E-state index is 13.9. The fourth-order valence-electron chi connectivity index (χ4n) is 4.48. The lowest BCUT2D eigenvalue weighted by Gasteiger charge is -2.25. The fourth-order valence-corrected chi connectivity index (χ4v) is 5.51. The van der Waals surface area contributed by atoms with Gasteiger partial charge in [0.25, 0.3) is 5.56 Å². The van der Waals surface area contributed by atoms with E-state index in [0.717, 1.165) is 23.4 Å². The third-order valence-electron chi connectivity index (χ3n) is 6.46. The predicted octanol–water partition coefficient (Wildman–Crippen LogP) is 4.31. The van der Waals surface area contributed by atoms with Crippen molar-refractivity contribution in [3.05, 3.63) is 114 Å². The minimum absolute atomic E-state index is 0.0946. The Bertz CT molecular complexity index is 1820. The average Bonchev–Trinajstić information content (AvgIpc) is 3.51. The topological polar surface area (TPSA) is 86.3 Å². The van der Waals surface area contributed by atoms with Crippen molar-refractivity contribution in [1.29, 1.82) is 0 Å². The standard InChI is InChI=1S/C30H27F2N3O5S/c1-5-38-29(37)26-17(2)33-30-35(27(26)18-6-9-20(10-7-18)34(3)4)28(36)25(41-30)15-21-11-12-22(40-21)16-39-24-13-8-19(31)14-23(24)32/h6-15,27H,5,16H2,1-4H3/b25-15+/t27-/m0/s1. The summed E-state index contributed by atoms with van der Waals surface area (Å²) in [6, 6.07) is 13.2. The van der Waals surface area contributed by atoms with Crippen LogP contribution in [0.3, 0.4) is 0 Å². The highest BCUT2D eigenvalue weighted by molar-refractivity contribution is 7.07. The summed E-state index contributed by atoms with van der Waals surface area (Å²) in [5.74, 6) is -1.40. The van der Waals surface area contributed by atoms with Crippen molar-refractivity contribution in [2.24, 2.45) is 4.99 Å². The molecule has 0 saturated carbocycles. The number of hydrogen-bond donors (Lipinski definition) is 0. The number of carbonyl (C=O) groups is 1. The largest absolute Gasteiger partial charge is 0.483 e. The molecule has 11 heteroatoms. The van der Waals surface area contributed by atoms with Crippen LogP contribution in [0.4, 0.5) is 14.5 Å². The first-order chi connectivity index (χ1) is 19.7. The number of aromatic nitrogens is 1. The third-order valence-corrected chi connectivity index (χ3v) is 7.44. The zero-order valence-corrected chi connectivity index (χ0v) is 23.6. The van der Waals surface area contributed by atoms with Gasteiger partial charge in [-0.15, -0.1) is 0 Å². The Hall–Kier alpha value is -4.51. The van der Waals surface area contributed by atoms with Crippen LogP contribution in [0.25, 0.3) is 6.08 Å². The highest BCUT2D eigenvalue weighted by Gasteiger charge is 2.33. The van der Waals surface area contributed by atoms with E-state index in [0.29, 0.717) is 32.1 Å².